The van der Waals surface area contributed by atoms with Crippen molar-refractivity contribution in [3.63, 3.8) is 0 Å². The van der Waals surface area contributed by atoms with Crippen molar-refractivity contribution < 1.29 is 4.79 Å². The van der Waals surface area contributed by atoms with Gasteiger partial charge in [-0.15, -0.1) is 0 Å². The van der Waals surface area contributed by atoms with Crippen molar-refractivity contribution in [2.24, 2.45) is 0 Å². The molecule has 1 aromatic carbocycles. The molecule has 1 amide bonds. The van der Waals surface area contributed by atoms with Crippen LogP contribution < -0.4 is 10.2 Å². The van der Waals surface area contributed by atoms with Gasteiger partial charge in [0, 0.05) is 29.9 Å². The Morgan fingerprint density at radius 2 is 1.88 bits per heavy atom. The molecule has 2 rings (SSSR count). The molecule has 0 aliphatic heterocycles. The van der Waals surface area contributed by atoms with Gasteiger partial charge in [-0.1, -0.05) is 0 Å². The van der Waals surface area contributed by atoms with E-state index in [1.54, 1.807) is 11.0 Å². The lowest BCUT2D eigenvalue weighted by atomic mass is 10.1. The largest absolute Gasteiger partial charge is 0.369 e. The summed E-state index contributed by atoms with van der Waals surface area (Å²) in [7, 11) is 0. The van der Waals surface area contributed by atoms with E-state index < -0.39 is 0 Å². The fraction of sp³-hybridized carbons (Fsp3) is 0.500. The first-order chi connectivity index (χ1) is 11.4. The maximum absolute atomic E-state index is 12.4. The van der Waals surface area contributed by atoms with Crippen LogP contribution in [0.15, 0.2) is 36.9 Å². The first kappa shape index (κ1) is 18.0. The molecule has 1 N–H and O–H groups in total. The van der Waals surface area contributed by atoms with Crippen LogP contribution in [0.3, 0.4) is 0 Å². The number of rotatable bonds is 7. The number of carbonyl (C=O) groups is 1. The summed E-state index contributed by atoms with van der Waals surface area (Å²) in [5, 5.41) is 7.15. The Morgan fingerprint density at radius 3 is 2.38 bits per heavy atom. The van der Waals surface area contributed by atoms with Crippen molar-refractivity contribution >= 4 is 11.6 Å². The molecule has 0 saturated carbocycles. The lowest BCUT2D eigenvalue weighted by Crippen LogP contribution is -2.38. The highest BCUT2D eigenvalue weighted by atomic mass is 16.1. The van der Waals surface area contributed by atoms with Crippen LogP contribution in [-0.4, -0.2) is 39.3 Å². The Morgan fingerprint density at radius 1 is 1.21 bits per heavy atom. The fourth-order valence-corrected chi connectivity index (χ4v) is 2.72. The summed E-state index contributed by atoms with van der Waals surface area (Å²) in [6.07, 6.45) is 3.16. The Labute approximate surface area is 143 Å². The molecule has 1 aromatic heterocycles. The van der Waals surface area contributed by atoms with Gasteiger partial charge in [-0.25, -0.2) is 9.67 Å². The molecule has 1 heterocycles. The average molecular weight is 329 g/mol. The molecular formula is C18H27N5O. The van der Waals surface area contributed by atoms with Crippen molar-refractivity contribution in [1.29, 1.82) is 0 Å². The zero-order chi connectivity index (χ0) is 17.7. The number of amides is 1. The van der Waals surface area contributed by atoms with Crippen LogP contribution in [0.2, 0.25) is 0 Å². The van der Waals surface area contributed by atoms with Gasteiger partial charge in [0.15, 0.2) is 0 Å². The van der Waals surface area contributed by atoms with E-state index in [9.17, 15) is 4.79 Å². The molecule has 0 bridgehead atoms. The van der Waals surface area contributed by atoms with E-state index in [1.807, 2.05) is 38.1 Å². The molecule has 0 aliphatic carbocycles. The number of hydrogen-bond donors (Lipinski definition) is 1. The van der Waals surface area contributed by atoms with Gasteiger partial charge >= 0.3 is 0 Å². The molecule has 0 radical (unpaired) electrons. The van der Waals surface area contributed by atoms with Crippen molar-refractivity contribution in [1.82, 2.24) is 20.1 Å². The van der Waals surface area contributed by atoms with Gasteiger partial charge in [-0.2, -0.15) is 5.10 Å². The molecule has 0 aliphatic rings. The van der Waals surface area contributed by atoms with Crippen LogP contribution >= 0.6 is 0 Å². The predicted molar refractivity (Wildman–Crippen MR) is 96.3 cm³/mol. The van der Waals surface area contributed by atoms with Gasteiger partial charge in [0.25, 0.3) is 5.91 Å². The van der Waals surface area contributed by atoms with E-state index in [0.29, 0.717) is 11.6 Å². The highest BCUT2D eigenvalue weighted by Crippen LogP contribution is 2.18. The summed E-state index contributed by atoms with van der Waals surface area (Å²) in [4.78, 5) is 18.7. The number of carbonyl (C=O) groups excluding carboxylic acids is 1. The molecular weight excluding hydrogens is 302 g/mol. The SMILES string of the molecule is CCN(c1ccc(C(=O)N[C@H](C)[C@@H](C)n2cncn2)cc1)C(C)C. The minimum absolute atomic E-state index is 0.0345. The van der Waals surface area contributed by atoms with Gasteiger partial charge in [-0.05, 0) is 58.9 Å². The van der Waals surface area contributed by atoms with Crippen molar-refractivity contribution in [3.05, 3.63) is 42.5 Å². The van der Waals surface area contributed by atoms with Gasteiger partial charge in [0.1, 0.15) is 12.7 Å². The third-order valence-corrected chi connectivity index (χ3v) is 4.36. The van der Waals surface area contributed by atoms with Crippen LogP contribution in [0, 0.1) is 0 Å². The minimum atomic E-state index is -0.0754. The summed E-state index contributed by atoms with van der Waals surface area (Å²) < 4.78 is 1.75. The second kappa shape index (κ2) is 7.95. The van der Waals surface area contributed by atoms with E-state index in [0.717, 1.165) is 12.2 Å². The summed E-state index contributed by atoms with van der Waals surface area (Å²) >= 11 is 0. The second-order valence-corrected chi connectivity index (χ2v) is 6.30. The molecule has 6 heteroatoms. The Balaban J connectivity index is 2.02. The van der Waals surface area contributed by atoms with E-state index in [-0.39, 0.29) is 18.0 Å². The maximum Gasteiger partial charge on any atom is 0.251 e. The Hall–Kier alpha value is -2.37. The van der Waals surface area contributed by atoms with Gasteiger partial charge in [-0.3, -0.25) is 4.79 Å². The third kappa shape index (κ3) is 4.13. The second-order valence-electron chi connectivity index (χ2n) is 6.30. The zero-order valence-corrected chi connectivity index (χ0v) is 15.1. The van der Waals surface area contributed by atoms with Crippen LogP contribution in [0.25, 0.3) is 0 Å². The van der Waals surface area contributed by atoms with Gasteiger partial charge in [0.2, 0.25) is 0 Å². The lowest BCUT2D eigenvalue weighted by Gasteiger charge is -2.27. The Bertz CT molecular complexity index is 636. The first-order valence-corrected chi connectivity index (χ1v) is 8.45. The van der Waals surface area contributed by atoms with Crippen LogP contribution in [0.5, 0.6) is 0 Å². The number of anilines is 1. The van der Waals surface area contributed by atoms with Crippen molar-refractivity contribution in [2.45, 2.75) is 52.7 Å². The molecule has 2 aromatic rings. The monoisotopic (exact) mass is 329 g/mol. The predicted octanol–water partition coefficient (Wildman–Crippen LogP) is 2.89. The zero-order valence-electron chi connectivity index (χ0n) is 15.1. The molecule has 6 nitrogen and oxygen atoms in total. The summed E-state index contributed by atoms with van der Waals surface area (Å²) in [6.45, 7) is 11.4. The quantitative estimate of drug-likeness (QED) is 0.848. The van der Waals surface area contributed by atoms with E-state index in [4.69, 9.17) is 0 Å². The minimum Gasteiger partial charge on any atom is -0.369 e. The normalized spacial score (nSPS) is 13.6. The highest BCUT2D eigenvalue weighted by molar-refractivity contribution is 5.94. The summed E-state index contributed by atoms with van der Waals surface area (Å²) in [6, 6.07) is 8.17. The average Bonchev–Trinajstić information content (AvgIpc) is 3.09. The van der Waals surface area contributed by atoms with E-state index in [1.165, 1.54) is 6.33 Å². The van der Waals surface area contributed by atoms with Crippen LogP contribution in [-0.2, 0) is 0 Å². The molecule has 24 heavy (non-hydrogen) atoms. The molecule has 130 valence electrons. The molecule has 0 saturated heterocycles. The smallest absolute Gasteiger partial charge is 0.251 e. The highest BCUT2D eigenvalue weighted by Gasteiger charge is 2.18. The molecule has 2 atom stereocenters. The van der Waals surface area contributed by atoms with Crippen LogP contribution in [0.1, 0.15) is 51.0 Å². The fourth-order valence-electron chi connectivity index (χ4n) is 2.72. The maximum atomic E-state index is 12.4. The molecule has 0 fully saturated rings. The topological polar surface area (TPSA) is 63.1 Å². The first-order valence-electron chi connectivity index (χ1n) is 8.45. The number of aromatic nitrogens is 3. The van der Waals surface area contributed by atoms with Gasteiger partial charge < -0.3 is 10.2 Å². The lowest BCUT2D eigenvalue weighted by molar-refractivity contribution is 0.0928. The number of benzene rings is 1. The molecule has 0 unspecified atom stereocenters. The standard InChI is InChI=1S/C18H27N5O/c1-6-22(13(2)3)17-9-7-16(8-10-17)18(24)21-14(4)15(5)23-12-19-11-20-23/h7-15H,6H2,1-5H3,(H,21,24)/t14-,15-/m1/s1. The van der Waals surface area contributed by atoms with E-state index >= 15 is 0 Å². The van der Waals surface area contributed by atoms with E-state index in [2.05, 4.69) is 41.1 Å². The number of hydrogen-bond acceptors (Lipinski definition) is 4. The Kier molecular flexibility index (Phi) is 5.95. The molecule has 0 spiro atoms. The van der Waals surface area contributed by atoms with Gasteiger partial charge in [0.05, 0.1) is 6.04 Å². The number of nitrogens with one attached hydrogen (secondary N) is 1. The number of nitrogens with zero attached hydrogens (tertiary/aromatic N) is 4. The van der Waals surface area contributed by atoms with Crippen LogP contribution in [0.4, 0.5) is 5.69 Å². The van der Waals surface area contributed by atoms with Crippen molar-refractivity contribution in [3.8, 4) is 0 Å². The summed E-state index contributed by atoms with van der Waals surface area (Å²) in [5.41, 5.74) is 1.80. The summed E-state index contributed by atoms with van der Waals surface area (Å²) in [5.74, 6) is -0.0754. The third-order valence-electron chi connectivity index (χ3n) is 4.36. The van der Waals surface area contributed by atoms with Crippen molar-refractivity contribution in [2.75, 3.05) is 11.4 Å².